The van der Waals surface area contributed by atoms with E-state index in [0.717, 1.165) is 34.7 Å². The van der Waals surface area contributed by atoms with Gasteiger partial charge in [0, 0.05) is 30.4 Å². The van der Waals surface area contributed by atoms with E-state index >= 15 is 0 Å². The second-order valence-corrected chi connectivity index (χ2v) is 4.62. The Morgan fingerprint density at radius 3 is 2.68 bits per heavy atom. The van der Waals surface area contributed by atoms with Crippen molar-refractivity contribution in [2.45, 2.75) is 26.8 Å². The van der Waals surface area contributed by atoms with E-state index in [9.17, 15) is 0 Å². The number of ether oxygens (including phenoxy) is 1. The molecule has 2 rings (SSSR count). The third-order valence-corrected chi connectivity index (χ3v) is 3.54. The van der Waals surface area contributed by atoms with Crippen molar-refractivity contribution in [3.63, 3.8) is 0 Å². The van der Waals surface area contributed by atoms with Gasteiger partial charge in [0.1, 0.15) is 5.75 Å². The highest BCUT2D eigenvalue weighted by atomic mass is 16.5. The quantitative estimate of drug-likeness (QED) is 0.917. The predicted octanol–water partition coefficient (Wildman–Crippen LogP) is 2.43. The number of methoxy groups -OCH3 is 1. The molecule has 0 radical (unpaired) electrons. The summed E-state index contributed by atoms with van der Waals surface area (Å²) < 4.78 is 7.36. The number of aromatic nitrogens is 2. The fourth-order valence-corrected chi connectivity index (χ4v) is 2.34. The van der Waals surface area contributed by atoms with Crippen molar-refractivity contribution in [1.29, 1.82) is 0 Å². The molecule has 1 heterocycles. The minimum atomic E-state index is 0.427. The number of rotatable bonds is 4. The highest BCUT2D eigenvalue weighted by Crippen LogP contribution is 2.35. The van der Waals surface area contributed by atoms with Crippen LogP contribution >= 0.6 is 0 Å². The molecule has 0 saturated carbocycles. The summed E-state index contributed by atoms with van der Waals surface area (Å²) in [6.45, 7) is 4.63. The summed E-state index contributed by atoms with van der Waals surface area (Å²) >= 11 is 0. The molecule has 0 amide bonds. The first-order valence-electron chi connectivity index (χ1n) is 6.52. The van der Waals surface area contributed by atoms with Gasteiger partial charge in [0.15, 0.2) is 0 Å². The molecule has 1 aromatic carbocycles. The Morgan fingerprint density at radius 2 is 2.11 bits per heavy atom. The molecule has 1 aromatic heterocycles. The Morgan fingerprint density at radius 1 is 1.37 bits per heavy atom. The van der Waals surface area contributed by atoms with Crippen molar-refractivity contribution >= 4 is 0 Å². The Hall–Kier alpha value is -1.81. The molecule has 4 nitrogen and oxygen atoms in total. The van der Waals surface area contributed by atoms with E-state index in [0.29, 0.717) is 6.54 Å². The Bertz CT molecular complexity index is 587. The Kier molecular flexibility index (Phi) is 3.90. The molecule has 0 aliphatic rings. The molecule has 0 aliphatic heterocycles. The van der Waals surface area contributed by atoms with Crippen molar-refractivity contribution in [2.75, 3.05) is 7.11 Å². The van der Waals surface area contributed by atoms with Crippen molar-refractivity contribution in [2.24, 2.45) is 12.8 Å². The van der Waals surface area contributed by atoms with Crippen LogP contribution in [0.4, 0.5) is 0 Å². The number of nitrogens with zero attached hydrogens (tertiary/aromatic N) is 2. The second-order valence-electron chi connectivity index (χ2n) is 4.62. The van der Waals surface area contributed by atoms with Gasteiger partial charge < -0.3 is 10.5 Å². The van der Waals surface area contributed by atoms with Crippen LogP contribution in [0.25, 0.3) is 11.1 Å². The zero-order valence-electron chi connectivity index (χ0n) is 12.0. The normalized spacial score (nSPS) is 10.8. The lowest BCUT2D eigenvalue weighted by Crippen LogP contribution is -2.00. The van der Waals surface area contributed by atoms with E-state index in [2.05, 4.69) is 31.1 Å². The van der Waals surface area contributed by atoms with E-state index in [1.807, 2.05) is 17.8 Å². The average molecular weight is 259 g/mol. The second kappa shape index (κ2) is 5.45. The van der Waals surface area contributed by atoms with Gasteiger partial charge in [-0.3, -0.25) is 4.68 Å². The van der Waals surface area contributed by atoms with Crippen molar-refractivity contribution in [3.05, 3.63) is 35.2 Å². The maximum Gasteiger partial charge on any atom is 0.126 e. The first kappa shape index (κ1) is 13.6. The summed E-state index contributed by atoms with van der Waals surface area (Å²) in [4.78, 5) is 0. The van der Waals surface area contributed by atoms with Crippen LogP contribution in [0.2, 0.25) is 0 Å². The van der Waals surface area contributed by atoms with Gasteiger partial charge in [0.25, 0.3) is 0 Å². The number of hydrogen-bond acceptors (Lipinski definition) is 3. The molecule has 0 saturated heterocycles. The van der Waals surface area contributed by atoms with Crippen LogP contribution in [0.15, 0.2) is 18.2 Å². The summed E-state index contributed by atoms with van der Waals surface area (Å²) in [7, 11) is 3.63. The SMILES string of the molecule is CCc1ccc(OC)c(-c2c(CN)nn(C)c2C)c1. The molecule has 0 atom stereocenters. The van der Waals surface area contributed by atoms with Gasteiger partial charge in [0.05, 0.1) is 12.8 Å². The molecule has 0 aliphatic carbocycles. The Balaban J connectivity index is 2.69. The molecule has 0 fully saturated rings. The first-order chi connectivity index (χ1) is 9.12. The van der Waals surface area contributed by atoms with Crippen LogP contribution in [-0.2, 0) is 20.0 Å². The van der Waals surface area contributed by atoms with Crippen LogP contribution in [0, 0.1) is 6.92 Å². The molecule has 2 aromatic rings. The molecule has 4 heteroatoms. The van der Waals surface area contributed by atoms with Gasteiger partial charge in [-0.2, -0.15) is 5.10 Å². The van der Waals surface area contributed by atoms with Gasteiger partial charge in [-0.15, -0.1) is 0 Å². The van der Waals surface area contributed by atoms with Crippen molar-refractivity contribution < 1.29 is 4.74 Å². The minimum absolute atomic E-state index is 0.427. The van der Waals surface area contributed by atoms with E-state index in [1.54, 1.807) is 7.11 Å². The molecule has 102 valence electrons. The van der Waals surface area contributed by atoms with E-state index in [1.165, 1.54) is 5.56 Å². The fraction of sp³-hybridized carbons (Fsp3) is 0.400. The lowest BCUT2D eigenvalue weighted by atomic mass is 9.99. The van der Waals surface area contributed by atoms with E-state index in [4.69, 9.17) is 10.5 Å². The molecular formula is C15H21N3O. The minimum Gasteiger partial charge on any atom is -0.496 e. The topological polar surface area (TPSA) is 53.1 Å². The number of hydrogen-bond donors (Lipinski definition) is 1. The zero-order chi connectivity index (χ0) is 14.0. The molecule has 0 bridgehead atoms. The zero-order valence-corrected chi connectivity index (χ0v) is 12.0. The smallest absolute Gasteiger partial charge is 0.126 e. The third kappa shape index (κ3) is 2.36. The summed E-state index contributed by atoms with van der Waals surface area (Å²) in [5.41, 5.74) is 11.3. The van der Waals surface area contributed by atoms with Crippen LogP contribution < -0.4 is 10.5 Å². The summed E-state index contributed by atoms with van der Waals surface area (Å²) in [6.07, 6.45) is 0.994. The summed E-state index contributed by atoms with van der Waals surface area (Å²) in [5.74, 6) is 0.864. The maximum absolute atomic E-state index is 5.82. The highest BCUT2D eigenvalue weighted by Gasteiger charge is 2.17. The van der Waals surface area contributed by atoms with Crippen LogP contribution in [-0.4, -0.2) is 16.9 Å². The summed E-state index contributed by atoms with van der Waals surface area (Å²) in [6, 6.07) is 6.28. The van der Waals surface area contributed by atoms with Gasteiger partial charge >= 0.3 is 0 Å². The predicted molar refractivity (Wildman–Crippen MR) is 77.2 cm³/mol. The van der Waals surface area contributed by atoms with Gasteiger partial charge in [-0.25, -0.2) is 0 Å². The third-order valence-electron chi connectivity index (χ3n) is 3.54. The molecular weight excluding hydrogens is 238 g/mol. The lowest BCUT2D eigenvalue weighted by Gasteiger charge is -2.11. The highest BCUT2D eigenvalue weighted by molar-refractivity contribution is 5.75. The van der Waals surface area contributed by atoms with Crippen LogP contribution in [0.1, 0.15) is 23.9 Å². The number of aryl methyl sites for hydroxylation is 2. The molecule has 2 N–H and O–H groups in total. The van der Waals surface area contributed by atoms with Crippen LogP contribution in [0.5, 0.6) is 5.75 Å². The van der Waals surface area contributed by atoms with E-state index < -0.39 is 0 Å². The van der Waals surface area contributed by atoms with Crippen molar-refractivity contribution in [1.82, 2.24) is 9.78 Å². The van der Waals surface area contributed by atoms with Crippen LogP contribution in [0.3, 0.4) is 0 Å². The number of benzene rings is 1. The van der Waals surface area contributed by atoms with Gasteiger partial charge in [-0.05, 0) is 31.0 Å². The Labute approximate surface area is 114 Å². The van der Waals surface area contributed by atoms with Gasteiger partial charge in [0.2, 0.25) is 0 Å². The van der Waals surface area contributed by atoms with E-state index in [-0.39, 0.29) is 0 Å². The molecule has 0 unspecified atom stereocenters. The molecule has 19 heavy (non-hydrogen) atoms. The lowest BCUT2D eigenvalue weighted by molar-refractivity contribution is 0.416. The van der Waals surface area contributed by atoms with Gasteiger partial charge in [-0.1, -0.05) is 13.0 Å². The molecule has 0 spiro atoms. The fourth-order valence-electron chi connectivity index (χ4n) is 2.34. The summed E-state index contributed by atoms with van der Waals surface area (Å²) in [5, 5.41) is 4.47. The monoisotopic (exact) mass is 259 g/mol. The standard InChI is InChI=1S/C15H21N3O/c1-5-11-6-7-14(19-4)12(8-11)15-10(2)18(3)17-13(15)9-16/h6-8H,5,9,16H2,1-4H3. The first-order valence-corrected chi connectivity index (χ1v) is 6.52. The maximum atomic E-state index is 5.82. The number of nitrogens with two attached hydrogens (primary N) is 1. The largest absolute Gasteiger partial charge is 0.496 e. The average Bonchev–Trinajstić information content (AvgIpc) is 2.73. The van der Waals surface area contributed by atoms with Crippen molar-refractivity contribution in [3.8, 4) is 16.9 Å².